The summed E-state index contributed by atoms with van der Waals surface area (Å²) in [6.07, 6.45) is 0. The first kappa shape index (κ1) is 14.9. The number of carbonyl (C=O) groups is 1. The number of carbonyl (C=O) groups excluding carboxylic acids is 1. The first-order chi connectivity index (χ1) is 8.08. The normalized spacial score (nSPS) is 10.1. The van der Waals surface area contributed by atoms with Crippen LogP contribution in [0.25, 0.3) is 0 Å². The molecule has 0 spiro atoms. The van der Waals surface area contributed by atoms with Crippen molar-refractivity contribution in [3.8, 4) is 5.75 Å². The van der Waals surface area contributed by atoms with E-state index in [1.54, 1.807) is 19.1 Å². The van der Waals surface area contributed by atoms with E-state index in [4.69, 9.17) is 32.7 Å². The van der Waals surface area contributed by atoms with Crippen LogP contribution in [0.3, 0.4) is 0 Å². The van der Waals surface area contributed by atoms with Crippen molar-refractivity contribution in [2.45, 2.75) is 12.8 Å². The lowest BCUT2D eigenvalue weighted by Crippen LogP contribution is -2.15. The quantitative estimate of drug-likeness (QED) is 0.439. The van der Waals surface area contributed by atoms with E-state index in [-0.39, 0.29) is 12.5 Å². The molecular weight excluding hydrogens is 378 g/mol. The number of halogens is 3. The summed E-state index contributed by atoms with van der Waals surface area (Å²) in [5.41, 5.74) is 0.751. The molecule has 0 saturated carbocycles. The second-order valence-corrected chi connectivity index (χ2v) is 4.94. The van der Waals surface area contributed by atoms with E-state index in [0.29, 0.717) is 17.4 Å². The molecule has 94 valence electrons. The maximum absolute atomic E-state index is 11.2. The van der Waals surface area contributed by atoms with E-state index in [1.807, 2.05) is 0 Å². The third-order valence-corrected chi connectivity index (χ3v) is 3.71. The minimum absolute atomic E-state index is 0.130. The molecule has 0 heterocycles. The summed E-state index contributed by atoms with van der Waals surface area (Å²) in [5.74, 6) is 0.425. The van der Waals surface area contributed by atoms with E-state index in [2.05, 4.69) is 22.6 Å². The van der Waals surface area contributed by atoms with E-state index in [1.165, 1.54) is 0 Å². The van der Waals surface area contributed by atoms with Gasteiger partial charge in [0.05, 0.1) is 17.5 Å². The molecule has 0 atom stereocenters. The summed E-state index contributed by atoms with van der Waals surface area (Å²) in [7, 11) is 0. The van der Waals surface area contributed by atoms with Crippen LogP contribution in [-0.2, 0) is 15.4 Å². The number of benzene rings is 1. The van der Waals surface area contributed by atoms with Crippen LogP contribution in [0.15, 0.2) is 12.1 Å². The van der Waals surface area contributed by atoms with Crippen LogP contribution in [-0.4, -0.2) is 19.2 Å². The molecule has 0 N–H and O–H groups in total. The highest BCUT2D eigenvalue weighted by Crippen LogP contribution is 2.29. The van der Waals surface area contributed by atoms with Gasteiger partial charge in [-0.2, -0.15) is 0 Å². The molecule has 0 bridgehead atoms. The minimum Gasteiger partial charge on any atom is -0.482 e. The minimum atomic E-state index is -0.405. The fourth-order valence-electron chi connectivity index (χ4n) is 1.15. The van der Waals surface area contributed by atoms with Crippen LogP contribution in [0, 0.1) is 3.57 Å². The Morgan fingerprint density at radius 3 is 2.76 bits per heavy atom. The molecule has 0 aromatic heterocycles. The Morgan fingerprint density at radius 2 is 2.18 bits per heavy atom. The SMILES string of the molecule is CCOC(=O)COc1cc(I)c(Cl)cc1CCl. The highest BCUT2D eigenvalue weighted by molar-refractivity contribution is 14.1. The molecule has 0 aliphatic heterocycles. The van der Waals surface area contributed by atoms with Crippen LogP contribution < -0.4 is 4.74 Å². The Kier molecular flexibility index (Phi) is 6.37. The largest absolute Gasteiger partial charge is 0.482 e. The fraction of sp³-hybridized carbons (Fsp3) is 0.364. The van der Waals surface area contributed by atoms with E-state index < -0.39 is 5.97 Å². The number of hydrogen-bond acceptors (Lipinski definition) is 3. The summed E-state index contributed by atoms with van der Waals surface area (Å²) < 4.78 is 11.0. The standard InChI is InChI=1S/C11H11Cl2IO3/c1-2-16-11(15)6-17-10-4-9(14)8(13)3-7(10)5-12/h3-4H,2,5-6H2,1H3. The fourth-order valence-corrected chi connectivity index (χ4v) is 1.98. The predicted molar refractivity (Wildman–Crippen MR) is 75.9 cm³/mol. The molecule has 17 heavy (non-hydrogen) atoms. The number of alkyl halides is 1. The zero-order chi connectivity index (χ0) is 12.8. The van der Waals surface area contributed by atoms with Gasteiger partial charge in [0.15, 0.2) is 6.61 Å². The van der Waals surface area contributed by atoms with Crippen LogP contribution in [0.1, 0.15) is 12.5 Å². The molecule has 1 aromatic rings. The van der Waals surface area contributed by atoms with Gasteiger partial charge in [0, 0.05) is 9.13 Å². The molecule has 0 saturated heterocycles. The van der Waals surface area contributed by atoms with Crippen LogP contribution in [0.4, 0.5) is 0 Å². The van der Waals surface area contributed by atoms with Crippen molar-refractivity contribution in [2.75, 3.05) is 13.2 Å². The van der Waals surface area contributed by atoms with Crippen molar-refractivity contribution in [2.24, 2.45) is 0 Å². The molecule has 0 aliphatic rings. The first-order valence-electron chi connectivity index (χ1n) is 4.90. The second kappa shape index (κ2) is 7.28. The molecule has 0 unspecified atom stereocenters. The summed E-state index contributed by atoms with van der Waals surface area (Å²) >= 11 is 13.8. The smallest absolute Gasteiger partial charge is 0.344 e. The van der Waals surface area contributed by atoms with Crippen molar-refractivity contribution >= 4 is 51.8 Å². The lowest BCUT2D eigenvalue weighted by atomic mass is 10.2. The zero-order valence-corrected chi connectivity index (χ0v) is 12.8. The first-order valence-corrected chi connectivity index (χ1v) is 6.90. The Bertz CT molecular complexity index is 410. The molecule has 3 nitrogen and oxygen atoms in total. The van der Waals surface area contributed by atoms with E-state index in [0.717, 1.165) is 9.13 Å². The summed E-state index contributed by atoms with van der Waals surface area (Å²) in [6.45, 7) is 1.95. The predicted octanol–water partition coefficient (Wildman–Crippen LogP) is 3.63. The molecule has 6 heteroatoms. The monoisotopic (exact) mass is 388 g/mol. The van der Waals surface area contributed by atoms with Gasteiger partial charge in [0.2, 0.25) is 0 Å². The average Bonchev–Trinajstić information content (AvgIpc) is 2.30. The molecule has 0 radical (unpaired) electrons. The molecule has 0 fully saturated rings. The van der Waals surface area contributed by atoms with Gasteiger partial charge >= 0.3 is 5.97 Å². The average molecular weight is 389 g/mol. The summed E-state index contributed by atoms with van der Waals surface area (Å²) in [6, 6.07) is 3.48. The molecule has 1 aromatic carbocycles. The topological polar surface area (TPSA) is 35.5 Å². The second-order valence-electron chi connectivity index (χ2n) is 3.10. The van der Waals surface area contributed by atoms with Crippen LogP contribution in [0.5, 0.6) is 5.75 Å². The zero-order valence-electron chi connectivity index (χ0n) is 9.13. The van der Waals surface area contributed by atoms with Crippen molar-refractivity contribution in [1.82, 2.24) is 0 Å². The van der Waals surface area contributed by atoms with Gasteiger partial charge in [0.25, 0.3) is 0 Å². The number of rotatable bonds is 5. The molecule has 0 amide bonds. The van der Waals surface area contributed by atoms with Gasteiger partial charge < -0.3 is 9.47 Å². The van der Waals surface area contributed by atoms with Gasteiger partial charge in [0.1, 0.15) is 5.75 Å². The summed E-state index contributed by atoms with van der Waals surface area (Å²) in [4.78, 5) is 11.2. The maximum atomic E-state index is 11.2. The maximum Gasteiger partial charge on any atom is 0.344 e. The molecule has 1 rings (SSSR count). The molecule has 0 aliphatic carbocycles. The third kappa shape index (κ3) is 4.52. The van der Waals surface area contributed by atoms with Gasteiger partial charge in [-0.3, -0.25) is 0 Å². The van der Waals surface area contributed by atoms with Gasteiger partial charge in [-0.25, -0.2) is 4.79 Å². The van der Waals surface area contributed by atoms with Crippen molar-refractivity contribution in [3.05, 3.63) is 26.3 Å². The lowest BCUT2D eigenvalue weighted by molar-refractivity contribution is -0.145. The van der Waals surface area contributed by atoms with Gasteiger partial charge in [-0.15, -0.1) is 11.6 Å². The Morgan fingerprint density at radius 1 is 1.47 bits per heavy atom. The van der Waals surface area contributed by atoms with E-state index in [9.17, 15) is 4.79 Å². The third-order valence-electron chi connectivity index (χ3n) is 1.90. The van der Waals surface area contributed by atoms with Crippen LogP contribution >= 0.6 is 45.8 Å². The Balaban J connectivity index is 2.76. The number of ether oxygens (including phenoxy) is 2. The van der Waals surface area contributed by atoms with E-state index >= 15 is 0 Å². The summed E-state index contributed by atoms with van der Waals surface area (Å²) in [5, 5.41) is 0.615. The number of hydrogen-bond donors (Lipinski definition) is 0. The lowest BCUT2D eigenvalue weighted by Gasteiger charge is -2.10. The highest BCUT2D eigenvalue weighted by Gasteiger charge is 2.10. The van der Waals surface area contributed by atoms with Crippen molar-refractivity contribution < 1.29 is 14.3 Å². The van der Waals surface area contributed by atoms with Crippen molar-refractivity contribution in [1.29, 1.82) is 0 Å². The number of esters is 1. The van der Waals surface area contributed by atoms with Gasteiger partial charge in [-0.05, 0) is 41.6 Å². The van der Waals surface area contributed by atoms with Crippen molar-refractivity contribution in [3.63, 3.8) is 0 Å². The van der Waals surface area contributed by atoms with Crippen LogP contribution in [0.2, 0.25) is 5.02 Å². The highest BCUT2D eigenvalue weighted by atomic mass is 127. The van der Waals surface area contributed by atoms with Gasteiger partial charge in [-0.1, -0.05) is 11.6 Å². The Hall–Kier alpha value is -0.200. The molecular formula is C11H11Cl2IO3. The Labute approximate surface area is 124 Å².